The number of nitrogens with zero attached hydrogens (tertiary/aromatic N) is 2. The van der Waals surface area contributed by atoms with Crippen LogP contribution in [-0.2, 0) is 4.79 Å². The van der Waals surface area contributed by atoms with Crippen LogP contribution in [-0.4, -0.2) is 20.7 Å². The van der Waals surface area contributed by atoms with Crippen LogP contribution in [0.5, 0.6) is 0 Å². The molecule has 0 saturated carbocycles. The first-order valence-corrected chi connectivity index (χ1v) is 5.30. The monoisotopic (exact) mass is 297 g/mol. The summed E-state index contributed by atoms with van der Waals surface area (Å²) in [5.41, 5.74) is 0. The molecule has 1 amide bonds. The Balaban J connectivity index is 2.87. The zero-order chi connectivity index (χ0) is 10.7. The van der Waals surface area contributed by atoms with Gasteiger partial charge in [0.1, 0.15) is 11.3 Å². The number of rotatable bonds is 2. The van der Waals surface area contributed by atoms with Gasteiger partial charge >= 0.3 is 0 Å². The summed E-state index contributed by atoms with van der Waals surface area (Å²) in [6.45, 7) is 1.69. The summed E-state index contributed by atoms with van der Waals surface area (Å²) in [7, 11) is 0. The van der Waals surface area contributed by atoms with E-state index in [0.29, 0.717) is 0 Å². The van der Waals surface area contributed by atoms with Crippen molar-refractivity contribution in [2.24, 2.45) is 0 Å². The normalized spacial score (nSPS) is 12.3. The molecule has 0 aliphatic carbocycles. The Morgan fingerprint density at radius 1 is 1.57 bits per heavy atom. The molecule has 1 heterocycles. The molecule has 0 radical (unpaired) electrons. The quantitative estimate of drug-likeness (QED) is 0.674. The summed E-state index contributed by atoms with van der Waals surface area (Å²) in [4.78, 5) is 18.4. The third-order valence-corrected chi connectivity index (χ3v) is 2.51. The maximum atomic E-state index is 11.3. The predicted molar refractivity (Wildman–Crippen MR) is 59.1 cm³/mol. The fourth-order valence-corrected chi connectivity index (χ4v) is 1.04. The molecule has 0 saturated heterocycles. The minimum absolute atomic E-state index is 0.110. The minimum atomic E-state index is -0.327. The van der Waals surface area contributed by atoms with Crippen molar-refractivity contribution in [1.82, 2.24) is 9.97 Å². The lowest BCUT2D eigenvalue weighted by atomic mass is 10.4. The second kappa shape index (κ2) is 4.91. The summed E-state index contributed by atoms with van der Waals surface area (Å²) in [5, 5.41) is 2.74. The molecule has 1 atom stereocenters. The largest absolute Gasteiger partial charge is 0.308 e. The fraction of sp³-hybridized carbons (Fsp3) is 0.286. The molecule has 1 N–H and O–H groups in total. The number of carbonyl (C=O) groups excluding carboxylic acids is 1. The molecule has 76 valence electrons. The van der Waals surface area contributed by atoms with E-state index in [2.05, 4.69) is 31.2 Å². The van der Waals surface area contributed by atoms with E-state index in [4.69, 9.17) is 23.2 Å². The van der Waals surface area contributed by atoms with Crippen molar-refractivity contribution in [3.8, 4) is 0 Å². The summed E-state index contributed by atoms with van der Waals surface area (Å²) in [6, 6.07) is 0. The van der Waals surface area contributed by atoms with E-state index in [1.807, 2.05) is 0 Å². The Labute approximate surface area is 99.2 Å². The average molecular weight is 299 g/mol. The van der Waals surface area contributed by atoms with Gasteiger partial charge in [-0.1, -0.05) is 39.1 Å². The number of hydrogen-bond donors (Lipinski definition) is 1. The average Bonchev–Trinajstić information content (AvgIpc) is 2.12. The first-order valence-electron chi connectivity index (χ1n) is 3.63. The van der Waals surface area contributed by atoms with Crippen molar-refractivity contribution >= 4 is 50.9 Å². The molecular formula is C7H6BrCl2N3O. The minimum Gasteiger partial charge on any atom is -0.308 e. The van der Waals surface area contributed by atoms with E-state index < -0.39 is 0 Å². The van der Waals surface area contributed by atoms with E-state index >= 15 is 0 Å². The van der Waals surface area contributed by atoms with E-state index in [-0.39, 0.29) is 26.7 Å². The topological polar surface area (TPSA) is 54.9 Å². The molecule has 0 aliphatic heterocycles. The second-order valence-corrected chi connectivity index (χ2v) is 4.54. The summed E-state index contributed by atoms with van der Waals surface area (Å²) in [6.07, 6.45) is 1.22. The lowest BCUT2D eigenvalue weighted by molar-refractivity contribution is -0.115. The zero-order valence-electron chi connectivity index (χ0n) is 7.09. The number of amides is 1. The SMILES string of the molecule is CC(Br)C(=O)Nc1ncnc(Cl)c1Cl. The van der Waals surface area contributed by atoms with E-state index in [1.165, 1.54) is 6.33 Å². The highest BCUT2D eigenvalue weighted by Gasteiger charge is 2.13. The molecule has 1 rings (SSSR count). The molecule has 1 unspecified atom stereocenters. The third kappa shape index (κ3) is 2.80. The van der Waals surface area contributed by atoms with Crippen molar-refractivity contribution in [3.63, 3.8) is 0 Å². The predicted octanol–water partition coefficient (Wildman–Crippen LogP) is 2.51. The Hall–Kier alpha value is -0.390. The molecule has 0 spiro atoms. The molecule has 1 aromatic heterocycles. The number of carbonyl (C=O) groups is 1. The molecule has 1 aromatic rings. The van der Waals surface area contributed by atoms with Crippen molar-refractivity contribution in [1.29, 1.82) is 0 Å². The van der Waals surface area contributed by atoms with Crippen LogP contribution in [0.15, 0.2) is 6.33 Å². The smallest absolute Gasteiger partial charge is 0.239 e. The molecular weight excluding hydrogens is 293 g/mol. The van der Waals surface area contributed by atoms with Gasteiger partial charge in [-0.15, -0.1) is 0 Å². The van der Waals surface area contributed by atoms with Gasteiger partial charge in [-0.3, -0.25) is 4.79 Å². The van der Waals surface area contributed by atoms with Crippen LogP contribution in [0.25, 0.3) is 0 Å². The van der Waals surface area contributed by atoms with Crippen molar-refractivity contribution in [3.05, 3.63) is 16.5 Å². The highest BCUT2D eigenvalue weighted by Crippen LogP contribution is 2.25. The number of hydrogen-bond acceptors (Lipinski definition) is 3. The van der Waals surface area contributed by atoms with Gasteiger partial charge in [0.25, 0.3) is 0 Å². The lowest BCUT2D eigenvalue weighted by Crippen LogP contribution is -2.20. The van der Waals surface area contributed by atoms with Crippen LogP contribution in [0.4, 0.5) is 5.82 Å². The van der Waals surface area contributed by atoms with Crippen LogP contribution in [0.1, 0.15) is 6.92 Å². The van der Waals surface area contributed by atoms with Crippen molar-refractivity contribution < 1.29 is 4.79 Å². The highest BCUT2D eigenvalue weighted by molar-refractivity contribution is 9.10. The van der Waals surface area contributed by atoms with Gasteiger partial charge in [0.2, 0.25) is 5.91 Å². The molecule has 0 fully saturated rings. The van der Waals surface area contributed by atoms with E-state index in [1.54, 1.807) is 6.92 Å². The molecule has 0 aliphatic rings. The van der Waals surface area contributed by atoms with Gasteiger partial charge in [-0.25, -0.2) is 9.97 Å². The Morgan fingerprint density at radius 3 is 2.79 bits per heavy atom. The third-order valence-electron chi connectivity index (χ3n) is 1.35. The zero-order valence-corrected chi connectivity index (χ0v) is 10.2. The summed E-state index contributed by atoms with van der Waals surface area (Å²) < 4.78 is 0. The molecule has 7 heteroatoms. The van der Waals surface area contributed by atoms with Crippen molar-refractivity contribution in [2.75, 3.05) is 5.32 Å². The number of nitrogens with one attached hydrogen (secondary N) is 1. The van der Waals surface area contributed by atoms with Crippen LogP contribution in [0.2, 0.25) is 10.2 Å². The Bertz CT molecular complexity index is 359. The molecule has 0 aromatic carbocycles. The molecule has 0 bridgehead atoms. The highest BCUT2D eigenvalue weighted by atomic mass is 79.9. The number of alkyl halides is 1. The standard InChI is InChI=1S/C7H6BrCl2N3O/c1-3(8)7(14)13-6-4(9)5(10)11-2-12-6/h2-3H,1H3,(H,11,12,13,14). The van der Waals surface area contributed by atoms with Crippen LogP contribution < -0.4 is 5.32 Å². The molecule has 4 nitrogen and oxygen atoms in total. The van der Waals surface area contributed by atoms with E-state index in [0.717, 1.165) is 0 Å². The fourth-order valence-electron chi connectivity index (χ4n) is 0.652. The van der Waals surface area contributed by atoms with Crippen LogP contribution in [0, 0.1) is 0 Å². The first-order chi connectivity index (χ1) is 6.52. The van der Waals surface area contributed by atoms with Gasteiger partial charge in [-0.05, 0) is 6.92 Å². The first kappa shape index (κ1) is 11.7. The number of anilines is 1. The Kier molecular flexibility index (Phi) is 4.10. The maximum absolute atomic E-state index is 11.3. The molecule has 14 heavy (non-hydrogen) atoms. The van der Waals surface area contributed by atoms with Crippen LogP contribution in [0.3, 0.4) is 0 Å². The van der Waals surface area contributed by atoms with Gasteiger partial charge in [0.15, 0.2) is 11.0 Å². The van der Waals surface area contributed by atoms with Gasteiger partial charge in [-0.2, -0.15) is 0 Å². The lowest BCUT2D eigenvalue weighted by Gasteiger charge is -2.07. The maximum Gasteiger partial charge on any atom is 0.239 e. The summed E-state index contributed by atoms with van der Waals surface area (Å²) >= 11 is 14.5. The second-order valence-electron chi connectivity index (χ2n) is 2.43. The van der Waals surface area contributed by atoms with Crippen molar-refractivity contribution in [2.45, 2.75) is 11.8 Å². The van der Waals surface area contributed by atoms with Gasteiger partial charge < -0.3 is 5.32 Å². The number of halogens is 3. The number of aromatic nitrogens is 2. The van der Waals surface area contributed by atoms with E-state index in [9.17, 15) is 4.79 Å². The Morgan fingerprint density at radius 2 is 2.21 bits per heavy atom. The van der Waals surface area contributed by atoms with Gasteiger partial charge in [0.05, 0.1) is 4.83 Å². The summed E-state index contributed by atoms with van der Waals surface area (Å²) in [5.74, 6) is -0.0374. The van der Waals surface area contributed by atoms with Gasteiger partial charge in [0, 0.05) is 0 Å². The van der Waals surface area contributed by atoms with Crippen LogP contribution >= 0.6 is 39.1 Å².